The van der Waals surface area contributed by atoms with Crippen LogP contribution in [0.1, 0.15) is 64.1 Å². The molecule has 33 heavy (non-hydrogen) atoms. The van der Waals surface area contributed by atoms with Crippen molar-refractivity contribution in [3.63, 3.8) is 0 Å². The normalized spacial score (nSPS) is 11.8. The Labute approximate surface area is 210 Å². The number of aliphatic carboxylic acids is 1. The quantitative estimate of drug-likeness (QED) is 0.172. The van der Waals surface area contributed by atoms with Crippen molar-refractivity contribution >= 4 is 52.7 Å². The number of unbranched alkanes of at least 4 members (excludes halogenated alkanes) is 4. The molecule has 2 aromatic rings. The van der Waals surface area contributed by atoms with Crippen LogP contribution in [-0.2, 0) is 16.0 Å². The molecule has 8 heteroatoms. The van der Waals surface area contributed by atoms with Gasteiger partial charge in [0, 0.05) is 36.0 Å². The van der Waals surface area contributed by atoms with Crippen LogP contribution in [0.5, 0.6) is 0 Å². The van der Waals surface area contributed by atoms with Crippen LogP contribution in [0.2, 0.25) is 5.02 Å². The standard InChI is InChI=1S/C25H33ClN2O3S2/c1-4-5-6-7-8-16-28(22(29)14-11-19-9-12-20(26)13-10-19)17-15-21-18-32-24(27-21)33-25(2,3)23(30)31/h9-14,18H,4-8,15-17H2,1-3H3,(H,30,31). The first-order valence-corrected chi connectivity index (χ1v) is 13.4. The third-order valence-corrected chi connectivity index (χ3v) is 7.58. The van der Waals surface area contributed by atoms with Crippen LogP contribution in [-0.4, -0.2) is 44.7 Å². The lowest BCUT2D eigenvalue weighted by Gasteiger charge is -2.21. The summed E-state index contributed by atoms with van der Waals surface area (Å²) in [6.07, 6.45) is 9.75. The molecule has 0 radical (unpaired) electrons. The minimum absolute atomic E-state index is 0.0164. The van der Waals surface area contributed by atoms with Crippen LogP contribution in [0.3, 0.4) is 0 Å². The predicted molar refractivity (Wildman–Crippen MR) is 139 cm³/mol. The van der Waals surface area contributed by atoms with E-state index in [4.69, 9.17) is 11.6 Å². The van der Waals surface area contributed by atoms with Crippen LogP contribution in [0.25, 0.3) is 6.08 Å². The monoisotopic (exact) mass is 508 g/mol. The van der Waals surface area contributed by atoms with Gasteiger partial charge in [0.1, 0.15) is 4.75 Å². The van der Waals surface area contributed by atoms with Gasteiger partial charge in [0.25, 0.3) is 0 Å². The molecule has 1 amide bonds. The Morgan fingerprint density at radius 2 is 1.85 bits per heavy atom. The van der Waals surface area contributed by atoms with E-state index in [2.05, 4.69) is 11.9 Å². The molecule has 5 nitrogen and oxygen atoms in total. The number of carbonyl (C=O) groups is 2. The summed E-state index contributed by atoms with van der Waals surface area (Å²) in [5.74, 6) is -0.881. The summed E-state index contributed by atoms with van der Waals surface area (Å²) >= 11 is 8.64. The van der Waals surface area contributed by atoms with E-state index in [0.29, 0.717) is 24.5 Å². The molecule has 0 saturated heterocycles. The Bertz CT molecular complexity index is 926. The van der Waals surface area contributed by atoms with E-state index in [-0.39, 0.29) is 5.91 Å². The number of thiazole rings is 1. The molecule has 2 rings (SSSR count). The summed E-state index contributed by atoms with van der Waals surface area (Å²) in [5.41, 5.74) is 1.81. The molecule has 0 aliphatic carbocycles. The van der Waals surface area contributed by atoms with E-state index < -0.39 is 10.7 Å². The van der Waals surface area contributed by atoms with Crippen LogP contribution in [0.15, 0.2) is 40.1 Å². The van der Waals surface area contributed by atoms with Crippen molar-refractivity contribution in [1.82, 2.24) is 9.88 Å². The van der Waals surface area contributed by atoms with E-state index >= 15 is 0 Å². The second kappa shape index (κ2) is 13.8. The molecule has 1 aromatic heterocycles. The highest BCUT2D eigenvalue weighted by atomic mass is 35.5. The van der Waals surface area contributed by atoms with E-state index in [0.717, 1.165) is 28.4 Å². The number of hydrogen-bond donors (Lipinski definition) is 1. The maximum atomic E-state index is 12.9. The fourth-order valence-electron chi connectivity index (χ4n) is 3.05. The van der Waals surface area contributed by atoms with Crippen LogP contribution < -0.4 is 0 Å². The topological polar surface area (TPSA) is 70.5 Å². The molecule has 0 unspecified atom stereocenters. The molecule has 0 aliphatic heterocycles. The molecule has 180 valence electrons. The van der Waals surface area contributed by atoms with Crippen molar-refractivity contribution in [2.24, 2.45) is 0 Å². The van der Waals surface area contributed by atoms with Gasteiger partial charge in [-0.1, -0.05) is 68.1 Å². The molecule has 0 bridgehead atoms. The highest BCUT2D eigenvalue weighted by molar-refractivity contribution is 8.03. The van der Waals surface area contributed by atoms with Crippen LogP contribution in [0.4, 0.5) is 0 Å². The molecule has 0 atom stereocenters. The van der Waals surface area contributed by atoms with Crippen molar-refractivity contribution in [3.8, 4) is 0 Å². The minimum atomic E-state index is -0.928. The third-order valence-electron chi connectivity index (χ3n) is 5.16. The van der Waals surface area contributed by atoms with Gasteiger partial charge < -0.3 is 10.0 Å². The highest BCUT2D eigenvalue weighted by Gasteiger charge is 2.29. The first kappa shape index (κ1) is 27.4. The number of hydrogen-bond acceptors (Lipinski definition) is 5. The second-order valence-electron chi connectivity index (χ2n) is 8.40. The van der Waals surface area contributed by atoms with Gasteiger partial charge in [0.15, 0.2) is 4.34 Å². The van der Waals surface area contributed by atoms with Gasteiger partial charge in [-0.2, -0.15) is 0 Å². The Morgan fingerprint density at radius 1 is 1.15 bits per heavy atom. The summed E-state index contributed by atoms with van der Waals surface area (Å²) in [6, 6.07) is 7.38. The zero-order valence-corrected chi connectivity index (χ0v) is 21.9. The summed E-state index contributed by atoms with van der Waals surface area (Å²) in [4.78, 5) is 30.7. The predicted octanol–water partition coefficient (Wildman–Crippen LogP) is 6.81. The molecule has 0 saturated carbocycles. The number of carbonyl (C=O) groups excluding carboxylic acids is 1. The number of aromatic nitrogens is 1. The number of carboxylic acids is 1. The van der Waals surface area contributed by atoms with Crippen molar-refractivity contribution in [3.05, 3.63) is 52.0 Å². The zero-order valence-electron chi connectivity index (χ0n) is 19.6. The molecule has 1 N–H and O–H groups in total. The molecule has 0 fully saturated rings. The van der Waals surface area contributed by atoms with Crippen molar-refractivity contribution in [2.45, 2.75) is 68.4 Å². The summed E-state index contributed by atoms with van der Waals surface area (Å²) in [7, 11) is 0. The number of nitrogens with zero attached hydrogens (tertiary/aromatic N) is 2. The number of benzene rings is 1. The Morgan fingerprint density at radius 3 is 2.52 bits per heavy atom. The number of carboxylic acid groups (broad SMARTS) is 1. The van der Waals surface area contributed by atoms with Crippen molar-refractivity contribution in [2.75, 3.05) is 13.1 Å². The SMILES string of the molecule is CCCCCCCN(CCc1csc(SC(C)(C)C(=O)O)n1)C(=O)C=Cc1ccc(Cl)cc1. The maximum absolute atomic E-state index is 12.9. The summed E-state index contributed by atoms with van der Waals surface area (Å²) < 4.78 is -0.195. The van der Waals surface area contributed by atoms with Crippen LogP contribution >= 0.6 is 34.7 Å². The van der Waals surface area contributed by atoms with E-state index in [9.17, 15) is 14.7 Å². The first-order valence-electron chi connectivity index (χ1n) is 11.3. The van der Waals surface area contributed by atoms with Crippen molar-refractivity contribution in [1.29, 1.82) is 0 Å². The average Bonchev–Trinajstić information content (AvgIpc) is 3.21. The Hall–Kier alpha value is -1.83. The average molecular weight is 509 g/mol. The third kappa shape index (κ3) is 9.90. The molecular weight excluding hydrogens is 476 g/mol. The summed E-state index contributed by atoms with van der Waals surface area (Å²) in [6.45, 7) is 6.83. The number of thioether (sulfide) groups is 1. The molecule has 1 heterocycles. The lowest BCUT2D eigenvalue weighted by Crippen LogP contribution is -2.32. The smallest absolute Gasteiger partial charge is 0.319 e. The van der Waals surface area contributed by atoms with Gasteiger partial charge in [-0.25, -0.2) is 4.98 Å². The lowest BCUT2D eigenvalue weighted by atomic mass is 10.1. The first-order chi connectivity index (χ1) is 15.7. The fraction of sp³-hybridized carbons (Fsp3) is 0.480. The van der Waals surface area contributed by atoms with E-state index in [1.165, 1.54) is 42.4 Å². The number of halogens is 1. The van der Waals surface area contributed by atoms with Gasteiger partial charge in [-0.15, -0.1) is 11.3 Å². The zero-order chi connectivity index (χ0) is 24.3. The van der Waals surface area contributed by atoms with Gasteiger partial charge in [-0.05, 0) is 44.0 Å². The van der Waals surface area contributed by atoms with Crippen molar-refractivity contribution < 1.29 is 14.7 Å². The Balaban J connectivity index is 1.99. The highest BCUT2D eigenvalue weighted by Crippen LogP contribution is 2.34. The second-order valence-corrected chi connectivity index (χ2v) is 11.6. The number of amides is 1. The fourth-order valence-corrected chi connectivity index (χ4v) is 5.40. The van der Waals surface area contributed by atoms with E-state index in [1.54, 1.807) is 32.1 Å². The number of rotatable bonds is 14. The van der Waals surface area contributed by atoms with Gasteiger partial charge >= 0.3 is 5.97 Å². The minimum Gasteiger partial charge on any atom is -0.480 e. The largest absolute Gasteiger partial charge is 0.480 e. The Kier molecular flexibility index (Phi) is 11.4. The molecule has 0 spiro atoms. The molecule has 1 aromatic carbocycles. The summed E-state index contributed by atoms with van der Waals surface area (Å²) in [5, 5.41) is 11.9. The van der Waals surface area contributed by atoms with Gasteiger partial charge in [0.05, 0.1) is 5.69 Å². The van der Waals surface area contributed by atoms with Crippen LogP contribution in [0, 0.1) is 0 Å². The van der Waals surface area contributed by atoms with Gasteiger partial charge in [0.2, 0.25) is 5.91 Å². The lowest BCUT2D eigenvalue weighted by molar-refractivity contribution is -0.138. The molecule has 0 aliphatic rings. The van der Waals surface area contributed by atoms with E-state index in [1.807, 2.05) is 28.5 Å². The molecular formula is C25H33ClN2O3S2. The maximum Gasteiger partial charge on any atom is 0.319 e. The van der Waals surface area contributed by atoms with Gasteiger partial charge in [-0.3, -0.25) is 9.59 Å².